The van der Waals surface area contributed by atoms with Gasteiger partial charge in [0.15, 0.2) is 11.5 Å². The highest BCUT2D eigenvalue weighted by Crippen LogP contribution is 2.34. The molecule has 1 heterocycles. The zero-order chi connectivity index (χ0) is 18.8. The van der Waals surface area contributed by atoms with Gasteiger partial charge < -0.3 is 9.84 Å². The average molecular weight is 437 g/mol. The Morgan fingerprint density at radius 2 is 2.15 bits per heavy atom. The van der Waals surface area contributed by atoms with Crippen LogP contribution in [0.5, 0.6) is 11.5 Å². The first-order valence-corrected chi connectivity index (χ1v) is 8.96. The molecule has 0 aliphatic heterocycles. The van der Waals surface area contributed by atoms with Crippen LogP contribution in [0.25, 0.3) is 10.9 Å². The molecule has 0 atom stereocenters. The number of phenolic OH excluding ortho intramolecular Hbond substituents is 1. The van der Waals surface area contributed by atoms with E-state index in [9.17, 15) is 9.90 Å². The van der Waals surface area contributed by atoms with E-state index in [1.54, 1.807) is 32.0 Å². The van der Waals surface area contributed by atoms with Crippen LogP contribution in [0.4, 0.5) is 0 Å². The fourth-order valence-corrected chi connectivity index (χ4v) is 3.03. The number of aromatic hydroxyl groups is 1. The first-order valence-electron chi connectivity index (χ1n) is 7.79. The van der Waals surface area contributed by atoms with E-state index in [-0.39, 0.29) is 22.1 Å². The summed E-state index contributed by atoms with van der Waals surface area (Å²) in [5.41, 5.74) is 0.908. The molecule has 0 saturated heterocycles. The molecular weight excluding hydrogens is 422 g/mol. The monoisotopic (exact) mass is 435 g/mol. The quantitative estimate of drug-likeness (QED) is 0.625. The Morgan fingerprint density at radius 3 is 2.88 bits per heavy atom. The summed E-state index contributed by atoms with van der Waals surface area (Å²) in [6.45, 7) is 3.89. The summed E-state index contributed by atoms with van der Waals surface area (Å²) in [7, 11) is 0. The van der Waals surface area contributed by atoms with Crippen molar-refractivity contribution in [3.05, 3.63) is 61.6 Å². The van der Waals surface area contributed by atoms with Crippen LogP contribution < -0.4 is 10.3 Å². The molecule has 0 saturated carbocycles. The van der Waals surface area contributed by atoms with Gasteiger partial charge >= 0.3 is 0 Å². The standard InChI is InChI=1S/C18H15BrClN3O3/c1-3-26-16-7-11(6-14(20)17(16)24)9-21-23-10(2)22-15-5-4-12(19)8-13(15)18(23)25/h4-9,24H,3H2,1-2H3. The molecule has 0 spiro atoms. The van der Waals surface area contributed by atoms with E-state index in [2.05, 4.69) is 26.0 Å². The lowest BCUT2D eigenvalue weighted by molar-refractivity contribution is 0.318. The molecule has 1 N–H and O–H groups in total. The lowest BCUT2D eigenvalue weighted by atomic mass is 10.2. The largest absolute Gasteiger partial charge is 0.503 e. The van der Waals surface area contributed by atoms with Gasteiger partial charge in [0, 0.05) is 4.47 Å². The van der Waals surface area contributed by atoms with Gasteiger partial charge in [-0.1, -0.05) is 27.5 Å². The Bertz CT molecular complexity index is 1080. The van der Waals surface area contributed by atoms with Crippen molar-refractivity contribution < 1.29 is 9.84 Å². The maximum Gasteiger partial charge on any atom is 0.282 e. The minimum Gasteiger partial charge on any atom is -0.503 e. The summed E-state index contributed by atoms with van der Waals surface area (Å²) in [6, 6.07) is 8.44. The van der Waals surface area contributed by atoms with Gasteiger partial charge in [0.1, 0.15) is 5.82 Å². The Labute approximate surface area is 162 Å². The van der Waals surface area contributed by atoms with Gasteiger partial charge in [0.2, 0.25) is 0 Å². The molecule has 1 aromatic heterocycles. The number of hydrogen-bond donors (Lipinski definition) is 1. The van der Waals surface area contributed by atoms with E-state index >= 15 is 0 Å². The second kappa shape index (κ2) is 7.47. The van der Waals surface area contributed by atoms with Crippen LogP contribution in [0.1, 0.15) is 18.3 Å². The van der Waals surface area contributed by atoms with E-state index < -0.39 is 0 Å². The molecule has 6 nitrogen and oxygen atoms in total. The molecule has 3 rings (SSSR count). The van der Waals surface area contributed by atoms with Crippen LogP contribution in [0, 0.1) is 6.92 Å². The van der Waals surface area contributed by atoms with Crippen molar-refractivity contribution >= 4 is 44.6 Å². The van der Waals surface area contributed by atoms with E-state index in [1.807, 2.05) is 6.07 Å². The molecular formula is C18H15BrClN3O3. The molecule has 0 aliphatic carbocycles. The zero-order valence-electron chi connectivity index (χ0n) is 14.0. The maximum absolute atomic E-state index is 12.7. The number of rotatable bonds is 4. The number of ether oxygens (including phenoxy) is 1. The predicted molar refractivity (Wildman–Crippen MR) is 106 cm³/mol. The van der Waals surface area contributed by atoms with Crippen molar-refractivity contribution in [3.8, 4) is 11.5 Å². The lowest BCUT2D eigenvalue weighted by Crippen LogP contribution is -2.20. The number of aromatic nitrogens is 2. The van der Waals surface area contributed by atoms with Crippen LogP contribution in [0.2, 0.25) is 5.02 Å². The van der Waals surface area contributed by atoms with Crippen LogP contribution in [0.3, 0.4) is 0 Å². The molecule has 0 amide bonds. The number of halogens is 2. The third-order valence-electron chi connectivity index (χ3n) is 3.64. The summed E-state index contributed by atoms with van der Waals surface area (Å²) in [5, 5.41) is 14.7. The number of fused-ring (bicyclic) bond motifs is 1. The maximum atomic E-state index is 12.7. The average Bonchev–Trinajstić information content (AvgIpc) is 2.60. The molecule has 0 radical (unpaired) electrons. The van der Waals surface area contributed by atoms with Crippen molar-refractivity contribution in [2.75, 3.05) is 6.61 Å². The first-order chi connectivity index (χ1) is 12.4. The molecule has 0 bridgehead atoms. The topological polar surface area (TPSA) is 76.7 Å². The predicted octanol–water partition coefficient (Wildman–Crippen LogP) is 4.11. The summed E-state index contributed by atoms with van der Waals surface area (Å²) in [6.07, 6.45) is 1.47. The van der Waals surface area contributed by atoms with Crippen molar-refractivity contribution in [2.24, 2.45) is 5.10 Å². The van der Waals surface area contributed by atoms with Gasteiger partial charge in [-0.2, -0.15) is 9.78 Å². The van der Waals surface area contributed by atoms with Crippen molar-refractivity contribution in [3.63, 3.8) is 0 Å². The van der Waals surface area contributed by atoms with Crippen molar-refractivity contribution in [1.29, 1.82) is 0 Å². The minimum atomic E-state index is -0.278. The third-order valence-corrected chi connectivity index (χ3v) is 4.42. The van der Waals surface area contributed by atoms with Crippen molar-refractivity contribution in [1.82, 2.24) is 9.66 Å². The summed E-state index contributed by atoms with van der Waals surface area (Å²) < 4.78 is 7.35. The van der Waals surface area contributed by atoms with Crippen molar-refractivity contribution in [2.45, 2.75) is 13.8 Å². The fourth-order valence-electron chi connectivity index (χ4n) is 2.45. The van der Waals surface area contributed by atoms with Gasteiger partial charge in [-0.3, -0.25) is 4.79 Å². The second-order valence-corrected chi connectivity index (χ2v) is 6.79. The highest BCUT2D eigenvalue weighted by atomic mass is 79.9. The fraction of sp³-hybridized carbons (Fsp3) is 0.167. The highest BCUT2D eigenvalue weighted by molar-refractivity contribution is 9.10. The normalized spacial score (nSPS) is 11.4. The summed E-state index contributed by atoms with van der Waals surface area (Å²) >= 11 is 9.37. The van der Waals surface area contributed by atoms with Gasteiger partial charge in [-0.15, -0.1) is 0 Å². The number of aryl methyl sites for hydroxylation is 1. The molecule has 26 heavy (non-hydrogen) atoms. The van der Waals surface area contributed by atoms with Crippen LogP contribution in [0.15, 0.2) is 44.7 Å². The number of nitrogens with zero attached hydrogens (tertiary/aromatic N) is 3. The van der Waals surface area contributed by atoms with E-state index in [4.69, 9.17) is 16.3 Å². The summed E-state index contributed by atoms with van der Waals surface area (Å²) in [4.78, 5) is 17.1. The number of benzene rings is 2. The molecule has 2 aromatic carbocycles. The van der Waals surface area contributed by atoms with E-state index in [0.717, 1.165) is 4.47 Å². The van der Waals surface area contributed by atoms with Gasteiger partial charge in [0.25, 0.3) is 5.56 Å². The molecule has 0 unspecified atom stereocenters. The Kier molecular flexibility index (Phi) is 5.29. The molecule has 0 aliphatic rings. The SMILES string of the molecule is CCOc1cc(C=Nn2c(C)nc3ccc(Br)cc3c2=O)cc(Cl)c1O. The van der Waals surface area contributed by atoms with Gasteiger partial charge in [0.05, 0.1) is 28.7 Å². The summed E-state index contributed by atoms with van der Waals surface area (Å²) in [5.74, 6) is 0.582. The molecule has 8 heteroatoms. The number of phenols is 1. The van der Waals surface area contributed by atoms with Crippen LogP contribution in [-0.2, 0) is 0 Å². The van der Waals surface area contributed by atoms with E-state index in [0.29, 0.717) is 28.9 Å². The zero-order valence-corrected chi connectivity index (χ0v) is 16.4. The Hall–Kier alpha value is -2.38. The molecule has 0 fully saturated rings. The van der Waals surface area contributed by atoms with Crippen LogP contribution in [-0.4, -0.2) is 27.6 Å². The number of hydrogen-bond acceptors (Lipinski definition) is 5. The minimum absolute atomic E-state index is 0.128. The van der Waals surface area contributed by atoms with E-state index in [1.165, 1.54) is 17.0 Å². The Balaban J connectivity index is 2.08. The molecule has 134 valence electrons. The van der Waals surface area contributed by atoms with Gasteiger partial charge in [-0.25, -0.2) is 4.98 Å². The third kappa shape index (κ3) is 3.59. The molecule has 3 aromatic rings. The van der Waals surface area contributed by atoms with Gasteiger partial charge in [-0.05, 0) is 49.7 Å². The lowest BCUT2D eigenvalue weighted by Gasteiger charge is -2.09. The first kappa shape index (κ1) is 18.4. The smallest absolute Gasteiger partial charge is 0.282 e. The second-order valence-electron chi connectivity index (χ2n) is 5.46. The van der Waals surface area contributed by atoms with Crippen LogP contribution >= 0.6 is 27.5 Å². The highest BCUT2D eigenvalue weighted by Gasteiger charge is 2.10. The Morgan fingerprint density at radius 1 is 1.38 bits per heavy atom.